The van der Waals surface area contributed by atoms with Crippen molar-refractivity contribution in [1.29, 1.82) is 0 Å². The molecule has 1 N–H and O–H groups in total. The second kappa shape index (κ2) is 15.0. The zero-order valence-corrected chi connectivity index (χ0v) is 23.9. The number of anilines is 1. The monoisotopic (exact) mass is 549 g/mol. The predicted octanol–water partition coefficient (Wildman–Crippen LogP) is 5.17. The molecule has 204 valence electrons. The highest BCUT2D eigenvalue weighted by atomic mass is 35.5. The summed E-state index contributed by atoms with van der Waals surface area (Å²) in [4.78, 5) is 28.0. The number of carbonyl (C=O) groups excluding carboxylic acids is 2. The zero-order valence-electron chi connectivity index (χ0n) is 22.4. The largest absolute Gasteiger partial charge is 0.354 e. The fourth-order valence-corrected chi connectivity index (χ4v) is 5.30. The van der Waals surface area contributed by atoms with E-state index in [4.69, 9.17) is 11.6 Å². The van der Waals surface area contributed by atoms with Crippen LogP contribution in [0.4, 0.5) is 5.69 Å². The van der Waals surface area contributed by atoms with Crippen molar-refractivity contribution in [2.75, 3.05) is 23.7 Å². The number of hydrogen-bond acceptors (Lipinski definition) is 4. The summed E-state index contributed by atoms with van der Waals surface area (Å²) in [5, 5.41) is 3.47. The molecule has 1 atom stereocenters. The Morgan fingerprint density at radius 1 is 1.00 bits per heavy atom. The van der Waals surface area contributed by atoms with Crippen molar-refractivity contribution in [3.05, 3.63) is 64.7 Å². The summed E-state index contributed by atoms with van der Waals surface area (Å²) in [6, 6.07) is 14.0. The van der Waals surface area contributed by atoms with E-state index in [-0.39, 0.29) is 31.3 Å². The first-order valence-electron chi connectivity index (χ1n) is 13.0. The van der Waals surface area contributed by atoms with Gasteiger partial charge in [-0.15, -0.1) is 0 Å². The molecule has 0 spiro atoms. The molecule has 1 unspecified atom stereocenters. The Balaban J connectivity index is 2.20. The highest BCUT2D eigenvalue weighted by Gasteiger charge is 2.29. The Morgan fingerprint density at radius 2 is 1.68 bits per heavy atom. The van der Waals surface area contributed by atoms with E-state index in [9.17, 15) is 18.0 Å². The number of rotatable bonds is 15. The third-order valence-electron chi connectivity index (χ3n) is 6.30. The van der Waals surface area contributed by atoms with Gasteiger partial charge in [0.05, 0.1) is 11.9 Å². The Kier molecular flexibility index (Phi) is 12.4. The Bertz CT molecular complexity index is 1120. The molecule has 0 fully saturated rings. The molecule has 0 radical (unpaired) electrons. The van der Waals surface area contributed by atoms with Crippen molar-refractivity contribution in [2.24, 2.45) is 0 Å². The molecule has 2 aromatic rings. The van der Waals surface area contributed by atoms with Gasteiger partial charge in [-0.05, 0) is 55.0 Å². The molecule has 0 bridgehead atoms. The van der Waals surface area contributed by atoms with Crippen LogP contribution in [-0.2, 0) is 32.6 Å². The maximum absolute atomic E-state index is 13.5. The second-order valence-corrected chi connectivity index (χ2v) is 11.5. The van der Waals surface area contributed by atoms with Crippen LogP contribution in [0.25, 0.3) is 0 Å². The van der Waals surface area contributed by atoms with Crippen molar-refractivity contribution >= 4 is 39.1 Å². The normalized spacial score (nSPS) is 12.1. The molecule has 0 saturated heterocycles. The molecule has 0 aliphatic rings. The second-order valence-electron chi connectivity index (χ2n) is 9.14. The number of sulfonamides is 1. The minimum Gasteiger partial charge on any atom is -0.354 e. The van der Waals surface area contributed by atoms with Gasteiger partial charge in [0.15, 0.2) is 0 Å². The summed E-state index contributed by atoms with van der Waals surface area (Å²) in [6.07, 6.45) is 4.71. The predicted molar refractivity (Wildman–Crippen MR) is 151 cm³/mol. The van der Waals surface area contributed by atoms with Crippen LogP contribution in [0.2, 0.25) is 5.02 Å². The van der Waals surface area contributed by atoms with Gasteiger partial charge in [0.1, 0.15) is 6.04 Å². The first-order chi connectivity index (χ1) is 17.6. The number of nitrogens with zero attached hydrogens (tertiary/aromatic N) is 2. The molecule has 0 aliphatic carbocycles. The number of amides is 2. The molecular weight excluding hydrogens is 510 g/mol. The summed E-state index contributed by atoms with van der Waals surface area (Å²) in [5.41, 5.74) is 2.44. The van der Waals surface area contributed by atoms with E-state index in [0.717, 1.165) is 30.4 Å². The average molecular weight is 550 g/mol. The van der Waals surface area contributed by atoms with Gasteiger partial charge in [0.25, 0.3) is 0 Å². The van der Waals surface area contributed by atoms with E-state index < -0.39 is 16.1 Å². The SMILES string of the molecule is CCCCNC(=O)C(CC)N(Cc1ccccc1Cl)C(=O)CCCN(c1ccc(CC)cc1)S(C)(=O)=O. The van der Waals surface area contributed by atoms with E-state index in [1.54, 1.807) is 23.1 Å². The van der Waals surface area contributed by atoms with E-state index >= 15 is 0 Å². The maximum Gasteiger partial charge on any atom is 0.242 e. The van der Waals surface area contributed by atoms with Crippen LogP contribution in [0.3, 0.4) is 0 Å². The lowest BCUT2D eigenvalue weighted by Gasteiger charge is -2.31. The number of hydrogen-bond donors (Lipinski definition) is 1. The molecule has 0 saturated carbocycles. The lowest BCUT2D eigenvalue weighted by molar-refractivity contribution is -0.141. The first kappa shape index (κ1) is 30.6. The van der Waals surface area contributed by atoms with Crippen LogP contribution in [0, 0.1) is 0 Å². The van der Waals surface area contributed by atoms with Gasteiger partial charge >= 0.3 is 0 Å². The molecule has 0 aliphatic heterocycles. The summed E-state index contributed by atoms with van der Waals surface area (Å²) in [5.74, 6) is -0.405. The maximum atomic E-state index is 13.5. The quantitative estimate of drug-likeness (QED) is 0.310. The number of unbranched alkanes of at least 4 members (excludes halogenated alkanes) is 1. The molecule has 7 nitrogen and oxygen atoms in total. The molecular formula is C28H40ClN3O4S. The van der Waals surface area contributed by atoms with Crippen LogP contribution in [-0.4, -0.2) is 50.5 Å². The van der Waals surface area contributed by atoms with Crippen LogP contribution in [0.1, 0.15) is 64.0 Å². The zero-order chi connectivity index (χ0) is 27.4. The fourth-order valence-electron chi connectivity index (χ4n) is 4.14. The first-order valence-corrected chi connectivity index (χ1v) is 15.2. The Labute approximate surface area is 227 Å². The molecule has 9 heteroatoms. The molecule has 2 amide bonds. The van der Waals surface area contributed by atoms with E-state index in [2.05, 4.69) is 12.2 Å². The lowest BCUT2D eigenvalue weighted by atomic mass is 10.1. The molecule has 0 aromatic heterocycles. The molecule has 2 rings (SSSR count). The standard InChI is InChI=1S/C28H40ClN3O4S/c1-5-8-19-30-28(34)26(7-3)31(21-23-12-9-10-13-25(23)29)27(33)14-11-20-32(37(4,35)36)24-17-15-22(6-2)16-18-24/h9-10,12-13,15-18,26H,5-8,11,14,19-21H2,1-4H3,(H,30,34). The van der Waals surface area contributed by atoms with Crippen molar-refractivity contribution in [1.82, 2.24) is 10.2 Å². The smallest absolute Gasteiger partial charge is 0.242 e. The van der Waals surface area contributed by atoms with Gasteiger partial charge in [-0.1, -0.05) is 69.1 Å². The van der Waals surface area contributed by atoms with Gasteiger partial charge in [-0.3, -0.25) is 13.9 Å². The number of aryl methyl sites for hydroxylation is 1. The average Bonchev–Trinajstić information content (AvgIpc) is 2.87. The number of benzene rings is 2. The lowest BCUT2D eigenvalue weighted by Crippen LogP contribution is -2.49. The fraction of sp³-hybridized carbons (Fsp3) is 0.500. The van der Waals surface area contributed by atoms with Crippen LogP contribution >= 0.6 is 11.6 Å². The summed E-state index contributed by atoms with van der Waals surface area (Å²) < 4.78 is 26.3. The topological polar surface area (TPSA) is 86.8 Å². The van der Waals surface area contributed by atoms with Gasteiger partial charge in [-0.25, -0.2) is 8.42 Å². The van der Waals surface area contributed by atoms with Crippen LogP contribution in [0.5, 0.6) is 0 Å². The van der Waals surface area contributed by atoms with Gasteiger partial charge in [-0.2, -0.15) is 0 Å². The van der Waals surface area contributed by atoms with Crippen molar-refractivity contribution in [2.45, 2.75) is 71.9 Å². The molecule has 0 heterocycles. The summed E-state index contributed by atoms with van der Waals surface area (Å²) in [7, 11) is -3.53. The minimum absolute atomic E-state index is 0.0995. The van der Waals surface area contributed by atoms with Crippen molar-refractivity contribution in [3.8, 4) is 0 Å². The molecule has 37 heavy (non-hydrogen) atoms. The van der Waals surface area contributed by atoms with E-state index in [0.29, 0.717) is 30.1 Å². The highest BCUT2D eigenvalue weighted by Crippen LogP contribution is 2.22. The van der Waals surface area contributed by atoms with Gasteiger partial charge < -0.3 is 10.2 Å². The number of carbonyl (C=O) groups is 2. The minimum atomic E-state index is -3.53. The highest BCUT2D eigenvalue weighted by molar-refractivity contribution is 7.92. The summed E-state index contributed by atoms with van der Waals surface area (Å²) in [6.45, 7) is 6.88. The van der Waals surface area contributed by atoms with Crippen LogP contribution in [0.15, 0.2) is 48.5 Å². The number of nitrogens with one attached hydrogen (secondary N) is 1. The van der Waals surface area contributed by atoms with Gasteiger partial charge in [0.2, 0.25) is 21.8 Å². The van der Waals surface area contributed by atoms with Crippen molar-refractivity contribution in [3.63, 3.8) is 0 Å². The van der Waals surface area contributed by atoms with E-state index in [1.165, 1.54) is 10.6 Å². The van der Waals surface area contributed by atoms with E-state index in [1.807, 2.05) is 44.2 Å². The Morgan fingerprint density at radius 3 is 2.24 bits per heavy atom. The number of halogens is 1. The molecule has 2 aromatic carbocycles. The Hall–Kier alpha value is -2.58. The summed E-state index contributed by atoms with van der Waals surface area (Å²) >= 11 is 6.38. The van der Waals surface area contributed by atoms with Gasteiger partial charge in [0, 0.05) is 31.1 Å². The third kappa shape index (κ3) is 9.34. The third-order valence-corrected chi connectivity index (χ3v) is 7.86. The van der Waals surface area contributed by atoms with Crippen LogP contribution < -0.4 is 9.62 Å². The van der Waals surface area contributed by atoms with Crippen molar-refractivity contribution < 1.29 is 18.0 Å².